The fourth-order valence-electron chi connectivity index (χ4n) is 3.29. The molecular formula is C17H20FN3O4. The zero-order chi connectivity index (χ0) is 18.1. The molecule has 2 aromatic rings. The number of methoxy groups -OCH3 is 1. The van der Waals surface area contributed by atoms with Gasteiger partial charge in [-0.05, 0) is 24.6 Å². The first-order chi connectivity index (χ1) is 12.0. The third-order valence-corrected chi connectivity index (χ3v) is 4.53. The van der Waals surface area contributed by atoms with Gasteiger partial charge in [0.05, 0.1) is 19.0 Å². The molecule has 2 heterocycles. The summed E-state index contributed by atoms with van der Waals surface area (Å²) in [6, 6.07) is 2.77. The highest BCUT2D eigenvalue weighted by molar-refractivity contribution is 5.98. The van der Waals surface area contributed by atoms with Crippen molar-refractivity contribution in [3.05, 3.63) is 29.2 Å². The molecule has 1 aromatic heterocycles. The molecule has 3 rings (SSSR count). The number of benzene rings is 1. The fourth-order valence-corrected chi connectivity index (χ4v) is 3.29. The number of aliphatic carboxylic acids is 1. The smallest absolute Gasteiger partial charge is 0.328 e. The van der Waals surface area contributed by atoms with Crippen LogP contribution in [0.4, 0.5) is 9.18 Å². The zero-order valence-corrected chi connectivity index (χ0v) is 14.1. The second-order valence-corrected chi connectivity index (χ2v) is 5.97. The maximum atomic E-state index is 14.8. The van der Waals surface area contributed by atoms with E-state index in [1.54, 1.807) is 17.9 Å². The minimum Gasteiger partial charge on any atom is -0.494 e. The maximum absolute atomic E-state index is 14.8. The Balaban J connectivity index is 2.21. The molecule has 0 atom stereocenters. The van der Waals surface area contributed by atoms with Gasteiger partial charge in [-0.2, -0.15) is 0 Å². The third-order valence-electron chi connectivity index (χ3n) is 4.53. The number of piperazine rings is 1. The number of aromatic nitrogens is 1. The molecule has 2 N–H and O–H groups in total. The Kier molecular flexibility index (Phi) is 4.63. The summed E-state index contributed by atoms with van der Waals surface area (Å²) in [4.78, 5) is 25.9. The zero-order valence-electron chi connectivity index (χ0n) is 14.1. The van der Waals surface area contributed by atoms with Gasteiger partial charge in [0.2, 0.25) is 0 Å². The summed E-state index contributed by atoms with van der Waals surface area (Å²) in [6.45, 7) is 4.11. The Morgan fingerprint density at radius 1 is 1.32 bits per heavy atom. The Morgan fingerprint density at radius 2 is 2.00 bits per heavy atom. The number of hydrogen-bond acceptors (Lipinski definition) is 4. The quantitative estimate of drug-likeness (QED) is 0.879. The number of carbonyl (C=O) groups is 2. The van der Waals surface area contributed by atoms with Crippen molar-refractivity contribution < 1.29 is 23.8 Å². The largest absolute Gasteiger partial charge is 0.494 e. The molecule has 1 aliphatic heterocycles. The fraction of sp³-hybridized carbons (Fsp3) is 0.412. The summed E-state index contributed by atoms with van der Waals surface area (Å²) >= 11 is 0. The van der Waals surface area contributed by atoms with Gasteiger partial charge in [-0.25, -0.2) is 9.18 Å². The molecule has 0 unspecified atom stereocenters. The van der Waals surface area contributed by atoms with E-state index in [4.69, 9.17) is 4.74 Å². The first-order valence-electron chi connectivity index (χ1n) is 8.03. The molecule has 0 bridgehead atoms. The van der Waals surface area contributed by atoms with Gasteiger partial charge in [0.15, 0.2) is 11.6 Å². The molecule has 0 aliphatic carbocycles. The lowest BCUT2D eigenvalue weighted by Gasteiger charge is -2.28. The van der Waals surface area contributed by atoms with Crippen molar-refractivity contribution in [1.29, 1.82) is 0 Å². The van der Waals surface area contributed by atoms with E-state index in [-0.39, 0.29) is 23.6 Å². The van der Waals surface area contributed by atoms with Crippen LogP contribution in [0.25, 0.3) is 10.9 Å². The van der Waals surface area contributed by atoms with Gasteiger partial charge in [0, 0.05) is 37.3 Å². The van der Waals surface area contributed by atoms with E-state index < -0.39 is 11.8 Å². The monoisotopic (exact) mass is 349 g/mol. The van der Waals surface area contributed by atoms with Crippen LogP contribution in [-0.2, 0) is 11.2 Å². The van der Waals surface area contributed by atoms with Crippen molar-refractivity contribution in [2.45, 2.75) is 13.3 Å². The van der Waals surface area contributed by atoms with Crippen LogP contribution in [0.1, 0.15) is 11.3 Å². The van der Waals surface area contributed by atoms with Gasteiger partial charge >= 0.3 is 12.0 Å². The van der Waals surface area contributed by atoms with E-state index in [2.05, 4.69) is 5.32 Å². The summed E-state index contributed by atoms with van der Waals surface area (Å²) in [5.41, 5.74) is 1.09. The van der Waals surface area contributed by atoms with E-state index in [0.717, 1.165) is 0 Å². The number of nitrogens with one attached hydrogen (secondary N) is 1. The molecule has 7 nitrogen and oxygen atoms in total. The van der Waals surface area contributed by atoms with Gasteiger partial charge < -0.3 is 20.1 Å². The summed E-state index contributed by atoms with van der Waals surface area (Å²) in [6.07, 6.45) is -0.367. The van der Waals surface area contributed by atoms with Crippen LogP contribution in [0.15, 0.2) is 12.1 Å². The van der Waals surface area contributed by atoms with Crippen molar-refractivity contribution in [1.82, 2.24) is 14.8 Å². The molecule has 1 aromatic carbocycles. The average molecular weight is 349 g/mol. The van der Waals surface area contributed by atoms with Crippen molar-refractivity contribution in [2.24, 2.45) is 0 Å². The standard InChI is InChI=1S/C17H20FN3O4/c1-10-11(9-14(22)23)15-12(3-4-13(25-2)16(15)18)21(10)17(24)20-7-5-19-6-8-20/h3-4,19H,5-9H2,1-2H3,(H,22,23). The maximum Gasteiger partial charge on any atom is 0.328 e. The van der Waals surface area contributed by atoms with E-state index in [0.29, 0.717) is 43.0 Å². The average Bonchev–Trinajstić information content (AvgIpc) is 2.87. The van der Waals surface area contributed by atoms with Crippen molar-refractivity contribution in [3.63, 3.8) is 0 Å². The lowest BCUT2D eigenvalue weighted by atomic mass is 10.1. The molecular weight excluding hydrogens is 329 g/mol. The molecule has 1 amide bonds. The number of rotatable bonds is 3. The topological polar surface area (TPSA) is 83.8 Å². The molecule has 134 valence electrons. The van der Waals surface area contributed by atoms with Crippen molar-refractivity contribution in [2.75, 3.05) is 33.3 Å². The van der Waals surface area contributed by atoms with Crippen molar-refractivity contribution >= 4 is 22.9 Å². The van der Waals surface area contributed by atoms with E-state index in [1.165, 1.54) is 17.7 Å². The highest BCUT2D eigenvalue weighted by Crippen LogP contribution is 2.33. The Labute approximate surface area is 144 Å². The van der Waals surface area contributed by atoms with Gasteiger partial charge in [-0.15, -0.1) is 0 Å². The van der Waals surface area contributed by atoms with Gasteiger partial charge in [0.1, 0.15) is 0 Å². The van der Waals surface area contributed by atoms with Crippen LogP contribution in [0.2, 0.25) is 0 Å². The number of carbonyl (C=O) groups excluding carboxylic acids is 1. The second-order valence-electron chi connectivity index (χ2n) is 5.97. The molecule has 25 heavy (non-hydrogen) atoms. The highest BCUT2D eigenvalue weighted by atomic mass is 19.1. The van der Waals surface area contributed by atoms with Crippen LogP contribution in [0, 0.1) is 12.7 Å². The Hall–Kier alpha value is -2.61. The Morgan fingerprint density at radius 3 is 2.60 bits per heavy atom. The first-order valence-corrected chi connectivity index (χ1v) is 8.03. The van der Waals surface area contributed by atoms with E-state index in [9.17, 15) is 19.1 Å². The Bertz CT molecular complexity index is 840. The summed E-state index contributed by atoms with van der Waals surface area (Å²) in [5.74, 6) is -1.71. The normalized spacial score (nSPS) is 14.8. The van der Waals surface area contributed by atoms with Gasteiger partial charge in [0.25, 0.3) is 0 Å². The minimum atomic E-state index is -1.08. The van der Waals surface area contributed by atoms with Crippen LogP contribution >= 0.6 is 0 Å². The number of amides is 1. The number of ether oxygens (including phenoxy) is 1. The number of nitrogens with zero attached hydrogens (tertiary/aromatic N) is 2. The number of halogens is 1. The summed E-state index contributed by atoms with van der Waals surface area (Å²) in [5, 5.41) is 12.5. The van der Waals surface area contributed by atoms with Crippen molar-refractivity contribution in [3.8, 4) is 5.75 Å². The van der Waals surface area contributed by atoms with E-state index >= 15 is 0 Å². The van der Waals surface area contributed by atoms with Gasteiger partial charge in [-0.3, -0.25) is 9.36 Å². The predicted molar refractivity (Wildman–Crippen MR) is 89.8 cm³/mol. The minimum absolute atomic E-state index is 0.0194. The molecule has 0 spiro atoms. The summed E-state index contributed by atoms with van der Waals surface area (Å²) in [7, 11) is 1.34. The van der Waals surface area contributed by atoms with Crippen LogP contribution in [0.5, 0.6) is 5.75 Å². The molecule has 0 saturated carbocycles. The molecule has 1 aliphatic rings. The van der Waals surface area contributed by atoms with Crippen LogP contribution in [0.3, 0.4) is 0 Å². The number of carboxylic acid groups (broad SMARTS) is 1. The molecule has 0 radical (unpaired) electrons. The number of hydrogen-bond donors (Lipinski definition) is 2. The van der Waals surface area contributed by atoms with Crippen LogP contribution in [-0.4, -0.2) is 59.9 Å². The van der Waals surface area contributed by atoms with E-state index in [1.807, 2.05) is 0 Å². The lowest BCUT2D eigenvalue weighted by molar-refractivity contribution is -0.136. The molecule has 1 fully saturated rings. The van der Waals surface area contributed by atoms with Crippen LogP contribution < -0.4 is 10.1 Å². The lowest BCUT2D eigenvalue weighted by Crippen LogP contribution is -2.48. The number of fused-ring (bicyclic) bond motifs is 1. The highest BCUT2D eigenvalue weighted by Gasteiger charge is 2.27. The van der Waals surface area contributed by atoms with Gasteiger partial charge in [-0.1, -0.05) is 0 Å². The predicted octanol–water partition coefficient (Wildman–Crippen LogP) is 1.60. The molecule has 1 saturated heterocycles. The third kappa shape index (κ3) is 2.93. The number of carboxylic acids is 1. The first kappa shape index (κ1) is 17.2. The second kappa shape index (κ2) is 6.72. The molecule has 8 heteroatoms. The summed E-state index contributed by atoms with van der Waals surface area (Å²) < 4.78 is 21.2. The SMILES string of the molecule is COc1ccc2c(c1F)c(CC(=O)O)c(C)n2C(=O)N1CCNCC1.